The molecular weight excluding hydrogens is 302 g/mol. The highest BCUT2D eigenvalue weighted by Gasteiger charge is 2.08. The van der Waals surface area contributed by atoms with Crippen molar-refractivity contribution in [3.8, 4) is 6.07 Å². The van der Waals surface area contributed by atoms with Crippen LogP contribution in [0.4, 0.5) is 5.69 Å². The fourth-order valence-corrected chi connectivity index (χ4v) is 2.24. The first-order valence-corrected chi connectivity index (χ1v) is 7.74. The lowest BCUT2D eigenvalue weighted by molar-refractivity contribution is -0.120. The number of aryl methyl sites for hydroxylation is 1. The number of nitriles is 1. The van der Waals surface area contributed by atoms with Crippen molar-refractivity contribution in [1.82, 2.24) is 5.32 Å². The predicted molar refractivity (Wildman–Crippen MR) is 91.9 cm³/mol. The van der Waals surface area contributed by atoms with E-state index < -0.39 is 0 Å². The molecule has 0 aliphatic carbocycles. The van der Waals surface area contributed by atoms with Crippen LogP contribution in [0, 0.1) is 11.3 Å². The minimum atomic E-state index is -0.331. The van der Waals surface area contributed by atoms with Crippen molar-refractivity contribution < 1.29 is 9.59 Å². The van der Waals surface area contributed by atoms with Crippen LogP contribution in [0.5, 0.6) is 0 Å². The third-order valence-electron chi connectivity index (χ3n) is 3.49. The Morgan fingerprint density at radius 2 is 1.67 bits per heavy atom. The molecule has 2 rings (SSSR count). The van der Waals surface area contributed by atoms with Gasteiger partial charge in [0, 0.05) is 18.7 Å². The summed E-state index contributed by atoms with van der Waals surface area (Å²) in [5.74, 6) is -0.405. The summed E-state index contributed by atoms with van der Waals surface area (Å²) < 4.78 is 0. The maximum Gasteiger partial charge on any atom is 0.234 e. The summed E-state index contributed by atoms with van der Waals surface area (Å²) in [5, 5.41) is 14.0. The number of nitrogens with zero attached hydrogens (tertiary/aromatic N) is 1. The molecule has 0 atom stereocenters. The number of carbonyl (C=O) groups is 2. The zero-order valence-corrected chi connectivity index (χ0v) is 13.3. The van der Waals surface area contributed by atoms with Crippen LogP contribution in [0.1, 0.15) is 24.0 Å². The number of anilines is 1. The minimum absolute atomic E-state index is 0.0744. The van der Waals surface area contributed by atoms with E-state index >= 15 is 0 Å². The molecule has 0 heterocycles. The summed E-state index contributed by atoms with van der Waals surface area (Å²) in [6.07, 6.45) is 0.887. The normalized spacial score (nSPS) is 9.79. The lowest BCUT2D eigenvalue weighted by atomic mass is 10.1. The maximum absolute atomic E-state index is 12.1. The minimum Gasteiger partial charge on any atom is -0.351 e. The fraction of sp³-hybridized carbons (Fsp3) is 0.211. The Labute approximate surface area is 141 Å². The van der Waals surface area contributed by atoms with E-state index in [4.69, 9.17) is 5.26 Å². The lowest BCUT2D eigenvalue weighted by Gasteiger charge is -2.11. The average Bonchev–Trinajstić information content (AvgIpc) is 2.60. The summed E-state index contributed by atoms with van der Waals surface area (Å²) in [4.78, 5) is 23.5. The Balaban J connectivity index is 1.90. The van der Waals surface area contributed by atoms with Crippen molar-refractivity contribution in [3.63, 3.8) is 0 Å². The van der Waals surface area contributed by atoms with E-state index in [-0.39, 0.29) is 24.8 Å². The molecule has 2 N–H and O–H groups in total. The summed E-state index contributed by atoms with van der Waals surface area (Å²) >= 11 is 0. The topological polar surface area (TPSA) is 82.0 Å². The van der Waals surface area contributed by atoms with E-state index in [9.17, 15) is 9.59 Å². The van der Waals surface area contributed by atoms with Crippen molar-refractivity contribution in [2.24, 2.45) is 0 Å². The van der Waals surface area contributed by atoms with Gasteiger partial charge in [-0.1, -0.05) is 48.5 Å². The molecular formula is C19H19N3O2. The largest absolute Gasteiger partial charge is 0.351 e. The Morgan fingerprint density at radius 1 is 0.958 bits per heavy atom. The second kappa shape index (κ2) is 9.11. The smallest absolute Gasteiger partial charge is 0.234 e. The molecule has 2 aromatic rings. The van der Waals surface area contributed by atoms with E-state index in [0.717, 1.165) is 11.1 Å². The zero-order chi connectivity index (χ0) is 17.2. The summed E-state index contributed by atoms with van der Waals surface area (Å²) in [6, 6.07) is 18.9. The van der Waals surface area contributed by atoms with Crippen molar-refractivity contribution in [3.05, 3.63) is 65.7 Å². The van der Waals surface area contributed by atoms with Crippen LogP contribution in [0.25, 0.3) is 0 Å². The molecule has 0 bridgehead atoms. The monoisotopic (exact) mass is 321 g/mol. The number of nitrogens with one attached hydrogen (secondary N) is 2. The fourth-order valence-electron chi connectivity index (χ4n) is 2.24. The number of carbonyl (C=O) groups excluding carboxylic acids is 2. The highest BCUT2D eigenvalue weighted by molar-refractivity contribution is 5.91. The maximum atomic E-state index is 12.1. The number of amides is 2. The Kier molecular flexibility index (Phi) is 6.54. The second-order valence-corrected chi connectivity index (χ2v) is 5.30. The van der Waals surface area contributed by atoms with Crippen molar-refractivity contribution in [1.29, 1.82) is 5.26 Å². The van der Waals surface area contributed by atoms with Crippen LogP contribution in [0.3, 0.4) is 0 Å². The van der Waals surface area contributed by atoms with Crippen LogP contribution < -0.4 is 10.6 Å². The summed E-state index contributed by atoms with van der Waals surface area (Å²) in [6.45, 7) is 0.273. The van der Waals surface area contributed by atoms with Gasteiger partial charge in [-0.05, 0) is 23.6 Å². The van der Waals surface area contributed by atoms with Crippen molar-refractivity contribution in [2.45, 2.75) is 25.8 Å². The van der Waals surface area contributed by atoms with Crippen LogP contribution >= 0.6 is 0 Å². The third-order valence-corrected chi connectivity index (χ3v) is 3.49. The third kappa shape index (κ3) is 5.58. The number of benzene rings is 2. The van der Waals surface area contributed by atoms with E-state index in [0.29, 0.717) is 18.5 Å². The molecule has 0 unspecified atom stereocenters. The molecule has 2 amide bonds. The molecule has 24 heavy (non-hydrogen) atoms. The first-order chi connectivity index (χ1) is 11.7. The quantitative estimate of drug-likeness (QED) is 0.822. The SMILES string of the molecule is N#CCC(=O)NCc1ccccc1NC(=O)CCc1ccccc1. The average molecular weight is 321 g/mol. The number of hydrogen-bond donors (Lipinski definition) is 2. The van der Waals surface area contributed by atoms with Gasteiger partial charge < -0.3 is 10.6 Å². The van der Waals surface area contributed by atoms with Crippen LogP contribution in [-0.2, 0) is 22.6 Å². The van der Waals surface area contributed by atoms with Crippen molar-refractivity contribution >= 4 is 17.5 Å². The Bertz CT molecular complexity index is 736. The first-order valence-electron chi connectivity index (χ1n) is 7.74. The van der Waals surface area contributed by atoms with Gasteiger partial charge in [-0.2, -0.15) is 5.26 Å². The molecule has 0 saturated heterocycles. The summed E-state index contributed by atoms with van der Waals surface area (Å²) in [5.41, 5.74) is 2.59. The molecule has 0 saturated carbocycles. The van der Waals surface area contributed by atoms with Crippen LogP contribution in [0.2, 0.25) is 0 Å². The van der Waals surface area contributed by atoms with Crippen LogP contribution in [-0.4, -0.2) is 11.8 Å². The Morgan fingerprint density at radius 3 is 2.42 bits per heavy atom. The van der Waals surface area contributed by atoms with E-state index in [1.165, 1.54) is 0 Å². The molecule has 0 aromatic heterocycles. The van der Waals surface area contributed by atoms with E-state index in [1.807, 2.05) is 48.5 Å². The van der Waals surface area contributed by atoms with Crippen molar-refractivity contribution in [2.75, 3.05) is 5.32 Å². The molecule has 122 valence electrons. The van der Waals surface area contributed by atoms with Gasteiger partial charge in [0.25, 0.3) is 0 Å². The molecule has 0 radical (unpaired) electrons. The Hall–Kier alpha value is -3.13. The number of hydrogen-bond acceptors (Lipinski definition) is 3. The van der Waals surface area contributed by atoms with E-state index in [1.54, 1.807) is 12.1 Å². The number of rotatable bonds is 7. The standard InChI is InChI=1S/C19H19N3O2/c20-13-12-18(23)21-14-16-8-4-5-9-17(16)22-19(24)11-10-15-6-2-1-3-7-15/h1-9H,10-12,14H2,(H,21,23)(H,22,24). The predicted octanol–water partition coefficient (Wildman–Crippen LogP) is 2.79. The zero-order valence-electron chi connectivity index (χ0n) is 13.3. The van der Waals surface area contributed by atoms with Gasteiger partial charge in [0.2, 0.25) is 11.8 Å². The molecule has 0 aliphatic heterocycles. The van der Waals surface area contributed by atoms with E-state index in [2.05, 4.69) is 10.6 Å². The molecule has 5 heteroatoms. The number of para-hydroxylation sites is 1. The summed E-state index contributed by atoms with van der Waals surface area (Å²) in [7, 11) is 0. The first kappa shape index (κ1) is 17.2. The van der Waals surface area contributed by atoms with Gasteiger partial charge in [0.1, 0.15) is 6.42 Å². The van der Waals surface area contributed by atoms with Gasteiger partial charge in [0.15, 0.2) is 0 Å². The molecule has 0 fully saturated rings. The van der Waals surface area contributed by atoms with Gasteiger partial charge in [-0.25, -0.2) is 0 Å². The van der Waals surface area contributed by atoms with Gasteiger partial charge in [-0.3, -0.25) is 9.59 Å². The lowest BCUT2D eigenvalue weighted by Crippen LogP contribution is -2.23. The highest BCUT2D eigenvalue weighted by atomic mass is 16.2. The molecule has 5 nitrogen and oxygen atoms in total. The van der Waals surface area contributed by atoms with Gasteiger partial charge in [0.05, 0.1) is 6.07 Å². The molecule has 0 aliphatic rings. The van der Waals surface area contributed by atoms with Gasteiger partial charge >= 0.3 is 0 Å². The van der Waals surface area contributed by atoms with Crippen LogP contribution in [0.15, 0.2) is 54.6 Å². The molecule has 2 aromatic carbocycles. The highest BCUT2D eigenvalue weighted by Crippen LogP contribution is 2.15. The van der Waals surface area contributed by atoms with Gasteiger partial charge in [-0.15, -0.1) is 0 Å². The molecule has 0 spiro atoms. The second-order valence-electron chi connectivity index (χ2n) is 5.30.